The lowest BCUT2D eigenvalue weighted by Gasteiger charge is -2.38. The molecular weight excluding hydrogens is 458 g/mol. The number of para-hydroxylation sites is 1. The Morgan fingerprint density at radius 2 is 1.88 bits per heavy atom. The van der Waals surface area contributed by atoms with Crippen LogP contribution >= 0.6 is 11.3 Å². The first-order chi connectivity index (χ1) is 15.7. The number of thiazole rings is 1. The maximum atomic E-state index is 12.9. The highest BCUT2D eigenvalue weighted by Gasteiger charge is 2.33. The van der Waals surface area contributed by atoms with Gasteiger partial charge in [0.1, 0.15) is 10.4 Å². The quantitative estimate of drug-likeness (QED) is 0.511. The van der Waals surface area contributed by atoms with E-state index in [0.29, 0.717) is 48.6 Å². The topological polar surface area (TPSA) is 99.6 Å². The maximum absolute atomic E-state index is 12.9. The number of hydrogen-bond acceptors (Lipinski definition) is 6. The lowest BCUT2D eigenvalue weighted by Crippen LogP contribution is -2.46. The van der Waals surface area contributed by atoms with E-state index in [1.165, 1.54) is 17.4 Å². The molecule has 0 atom stereocenters. The average Bonchev–Trinajstić information content (AvgIpc) is 3.27. The monoisotopic (exact) mass is 487 g/mol. The Morgan fingerprint density at radius 3 is 2.55 bits per heavy atom. The van der Waals surface area contributed by atoms with Gasteiger partial charge >= 0.3 is 0 Å². The van der Waals surface area contributed by atoms with Crippen molar-refractivity contribution in [2.24, 2.45) is 5.92 Å². The molecule has 176 valence electrons. The zero-order valence-corrected chi connectivity index (χ0v) is 20.5. The Balaban J connectivity index is 1.40. The minimum Gasteiger partial charge on any atom is -0.390 e. The molecular formula is C24H29N3O4S2. The molecule has 4 rings (SSSR count). The van der Waals surface area contributed by atoms with Crippen LogP contribution in [-0.2, 0) is 10.0 Å². The van der Waals surface area contributed by atoms with E-state index < -0.39 is 15.6 Å². The van der Waals surface area contributed by atoms with Crippen molar-refractivity contribution < 1.29 is 18.3 Å². The second-order valence-electron chi connectivity index (χ2n) is 9.09. The largest absolute Gasteiger partial charge is 0.390 e. The van der Waals surface area contributed by atoms with Gasteiger partial charge < -0.3 is 10.0 Å². The fraction of sp³-hybridized carbons (Fsp3) is 0.417. The van der Waals surface area contributed by atoms with Gasteiger partial charge in [0.05, 0.1) is 15.8 Å². The van der Waals surface area contributed by atoms with Crippen LogP contribution in [-0.4, -0.2) is 48.0 Å². The lowest BCUT2D eigenvalue weighted by molar-refractivity contribution is -0.0262. The number of nitrogens with one attached hydrogen (secondary N) is 1. The number of likely N-dealkylation sites (tertiary alicyclic amines) is 1. The zero-order chi connectivity index (χ0) is 23.6. The highest BCUT2D eigenvalue weighted by Crippen LogP contribution is 2.30. The fourth-order valence-electron chi connectivity index (χ4n) is 4.08. The van der Waals surface area contributed by atoms with Gasteiger partial charge in [-0.25, -0.2) is 13.4 Å². The van der Waals surface area contributed by atoms with Gasteiger partial charge in [0, 0.05) is 24.3 Å². The SMILES string of the molecule is CC(C)CCC1(O)CCN(C(=O)c2ccc(NS(=O)(=O)c3cccc4scnc34)cc2)CC1. The molecule has 1 aliphatic heterocycles. The molecule has 0 radical (unpaired) electrons. The Labute approximate surface area is 198 Å². The van der Waals surface area contributed by atoms with E-state index in [2.05, 4.69) is 23.6 Å². The number of nitrogens with zero attached hydrogens (tertiary/aromatic N) is 2. The van der Waals surface area contributed by atoms with E-state index in [1.807, 2.05) is 6.07 Å². The fourth-order valence-corrected chi connectivity index (χ4v) is 6.08. The molecule has 0 spiro atoms. The molecule has 2 aromatic carbocycles. The standard InChI is InChI=1S/C24H29N3O4S2/c1-17(2)10-11-24(29)12-14-27(15-13-24)23(28)18-6-8-19(9-7-18)26-33(30,31)21-5-3-4-20-22(21)25-16-32-20/h3-9,16-17,26,29H,10-15H2,1-2H3. The molecule has 0 bridgehead atoms. The number of carbonyl (C=O) groups excluding carboxylic acids is 1. The first-order valence-electron chi connectivity index (χ1n) is 11.1. The Bertz CT molecular complexity index is 1230. The molecule has 9 heteroatoms. The van der Waals surface area contributed by atoms with Crippen LogP contribution in [0.5, 0.6) is 0 Å². The van der Waals surface area contributed by atoms with Crippen LogP contribution < -0.4 is 4.72 Å². The van der Waals surface area contributed by atoms with Crippen LogP contribution in [0.15, 0.2) is 52.9 Å². The summed E-state index contributed by atoms with van der Waals surface area (Å²) in [6.45, 7) is 5.31. The summed E-state index contributed by atoms with van der Waals surface area (Å²) in [6.07, 6.45) is 2.88. The number of aromatic nitrogens is 1. The highest BCUT2D eigenvalue weighted by molar-refractivity contribution is 7.93. The lowest BCUT2D eigenvalue weighted by atomic mass is 9.85. The van der Waals surface area contributed by atoms with Crippen LogP contribution in [0.4, 0.5) is 5.69 Å². The van der Waals surface area contributed by atoms with E-state index in [-0.39, 0.29) is 10.8 Å². The minimum atomic E-state index is -3.82. The zero-order valence-electron chi connectivity index (χ0n) is 18.8. The number of anilines is 1. The summed E-state index contributed by atoms with van der Waals surface area (Å²) in [5.74, 6) is 0.432. The summed E-state index contributed by atoms with van der Waals surface area (Å²) < 4.78 is 29.2. The molecule has 2 N–H and O–H groups in total. The molecule has 2 heterocycles. The second-order valence-corrected chi connectivity index (χ2v) is 11.6. The minimum absolute atomic E-state index is 0.109. The van der Waals surface area contributed by atoms with Crippen LogP contribution in [0, 0.1) is 5.92 Å². The summed E-state index contributed by atoms with van der Waals surface area (Å²) in [5, 5.41) is 10.8. The third kappa shape index (κ3) is 5.37. The molecule has 0 aliphatic carbocycles. The number of hydrogen-bond donors (Lipinski definition) is 2. The van der Waals surface area contributed by atoms with Gasteiger partial charge in [-0.05, 0) is 68.0 Å². The number of sulfonamides is 1. The third-order valence-corrected chi connectivity index (χ3v) is 8.37. The predicted molar refractivity (Wildman–Crippen MR) is 131 cm³/mol. The van der Waals surface area contributed by atoms with Crippen LogP contribution in [0.25, 0.3) is 10.2 Å². The van der Waals surface area contributed by atoms with Crippen molar-refractivity contribution >= 4 is 43.2 Å². The van der Waals surface area contributed by atoms with Crippen molar-refractivity contribution in [2.75, 3.05) is 17.8 Å². The van der Waals surface area contributed by atoms with Gasteiger partial charge in [-0.3, -0.25) is 9.52 Å². The molecule has 33 heavy (non-hydrogen) atoms. The average molecular weight is 488 g/mol. The van der Waals surface area contributed by atoms with Gasteiger partial charge in [0.25, 0.3) is 15.9 Å². The van der Waals surface area contributed by atoms with Gasteiger partial charge in [-0.15, -0.1) is 11.3 Å². The molecule has 0 unspecified atom stereocenters. The smallest absolute Gasteiger partial charge is 0.264 e. The summed E-state index contributed by atoms with van der Waals surface area (Å²) in [7, 11) is -3.82. The van der Waals surface area contributed by atoms with E-state index in [1.54, 1.807) is 40.7 Å². The van der Waals surface area contributed by atoms with Crippen LogP contribution in [0.1, 0.15) is 49.9 Å². The first kappa shape index (κ1) is 23.7. The second kappa shape index (κ2) is 9.40. The molecule has 0 saturated carbocycles. The number of rotatable bonds is 7. The maximum Gasteiger partial charge on any atom is 0.264 e. The number of aliphatic hydroxyl groups is 1. The van der Waals surface area contributed by atoms with Crippen LogP contribution in [0.2, 0.25) is 0 Å². The van der Waals surface area contributed by atoms with E-state index >= 15 is 0 Å². The van der Waals surface area contributed by atoms with Gasteiger partial charge in [-0.2, -0.15) is 0 Å². The van der Waals surface area contributed by atoms with Gasteiger partial charge in [0.2, 0.25) is 0 Å². The van der Waals surface area contributed by atoms with Crippen molar-refractivity contribution in [3.8, 4) is 0 Å². The van der Waals surface area contributed by atoms with Crippen molar-refractivity contribution in [2.45, 2.75) is 50.0 Å². The van der Waals surface area contributed by atoms with Crippen LogP contribution in [0.3, 0.4) is 0 Å². The molecule has 3 aromatic rings. The van der Waals surface area contributed by atoms with Crippen molar-refractivity contribution in [1.29, 1.82) is 0 Å². The number of carbonyl (C=O) groups is 1. The van der Waals surface area contributed by atoms with E-state index in [9.17, 15) is 18.3 Å². The summed E-state index contributed by atoms with van der Waals surface area (Å²) in [6, 6.07) is 11.5. The Morgan fingerprint density at radius 1 is 1.18 bits per heavy atom. The summed E-state index contributed by atoms with van der Waals surface area (Å²) >= 11 is 1.38. The molecule has 1 aliphatic rings. The van der Waals surface area contributed by atoms with E-state index in [4.69, 9.17) is 0 Å². The number of fused-ring (bicyclic) bond motifs is 1. The third-order valence-electron chi connectivity index (χ3n) is 6.17. The van der Waals surface area contributed by atoms with Crippen molar-refractivity contribution in [3.05, 3.63) is 53.5 Å². The summed E-state index contributed by atoms with van der Waals surface area (Å²) in [4.78, 5) is 19.0. The molecule has 1 aromatic heterocycles. The molecule has 1 saturated heterocycles. The molecule has 7 nitrogen and oxygen atoms in total. The van der Waals surface area contributed by atoms with Crippen molar-refractivity contribution in [3.63, 3.8) is 0 Å². The van der Waals surface area contributed by atoms with E-state index in [0.717, 1.165) is 17.5 Å². The normalized spacial score (nSPS) is 16.3. The van der Waals surface area contributed by atoms with Gasteiger partial charge in [-0.1, -0.05) is 19.9 Å². The van der Waals surface area contributed by atoms with Crippen molar-refractivity contribution in [1.82, 2.24) is 9.88 Å². The number of amides is 1. The molecule has 1 amide bonds. The Kier molecular flexibility index (Phi) is 6.74. The predicted octanol–water partition coefficient (Wildman–Crippen LogP) is 4.50. The number of piperidine rings is 1. The molecule has 1 fully saturated rings. The summed E-state index contributed by atoms with van der Waals surface area (Å²) in [5.41, 5.74) is 2.24. The number of benzene rings is 2. The van der Waals surface area contributed by atoms with Gasteiger partial charge in [0.15, 0.2) is 0 Å². The highest BCUT2D eigenvalue weighted by atomic mass is 32.2. The Hall–Kier alpha value is -2.49. The first-order valence-corrected chi connectivity index (χ1v) is 13.5.